The highest BCUT2D eigenvalue weighted by molar-refractivity contribution is 7.98. The van der Waals surface area contributed by atoms with Gasteiger partial charge >= 0.3 is 5.63 Å². The molecule has 4 aromatic rings. The lowest BCUT2D eigenvalue weighted by Crippen LogP contribution is -2.11. The molecule has 3 heterocycles. The van der Waals surface area contributed by atoms with Gasteiger partial charge in [-0.3, -0.25) is 0 Å². The molecule has 0 fully saturated rings. The maximum Gasteiger partial charge on any atom is 0.336 e. The number of halogens is 1. The number of nitrogens with zero attached hydrogens (tertiary/aromatic N) is 3. The van der Waals surface area contributed by atoms with Gasteiger partial charge in [0.1, 0.15) is 5.58 Å². The molecular weight excluding hydrogens is 392 g/mol. The van der Waals surface area contributed by atoms with E-state index >= 15 is 0 Å². The van der Waals surface area contributed by atoms with Gasteiger partial charge in [0, 0.05) is 22.2 Å². The van der Waals surface area contributed by atoms with Crippen LogP contribution in [0, 0.1) is 6.92 Å². The predicted molar refractivity (Wildman–Crippen MR) is 105 cm³/mol. The molecule has 132 valence electrons. The van der Waals surface area contributed by atoms with Crippen molar-refractivity contribution in [2.24, 2.45) is 0 Å². The van der Waals surface area contributed by atoms with Crippen molar-refractivity contribution in [3.05, 3.63) is 62.3 Å². The van der Waals surface area contributed by atoms with Gasteiger partial charge in [-0.2, -0.15) is 0 Å². The number of aryl methyl sites for hydroxylation is 1. The summed E-state index contributed by atoms with van der Waals surface area (Å²) in [6.45, 7) is 1.87. The van der Waals surface area contributed by atoms with Crippen molar-refractivity contribution in [1.82, 2.24) is 14.9 Å². The summed E-state index contributed by atoms with van der Waals surface area (Å²) in [5, 5.41) is 12.2. The lowest BCUT2D eigenvalue weighted by molar-refractivity contribution is 0.559. The van der Waals surface area contributed by atoms with Gasteiger partial charge in [-0.05, 0) is 41.6 Å². The third-order valence-corrected chi connectivity index (χ3v) is 6.14. The number of benzene rings is 1. The molecular formula is C17H13ClN4O2S2. The topological polar surface area (TPSA) is 86.9 Å². The fourth-order valence-corrected chi connectivity index (χ4v) is 4.28. The number of fused-ring (bicyclic) bond motifs is 1. The first-order valence-corrected chi connectivity index (χ1v) is 9.87. The molecule has 1 aromatic carbocycles. The summed E-state index contributed by atoms with van der Waals surface area (Å²) in [6.07, 6.45) is 0. The first kappa shape index (κ1) is 17.1. The van der Waals surface area contributed by atoms with Crippen LogP contribution >= 0.6 is 34.7 Å². The Kier molecular flexibility index (Phi) is 4.47. The van der Waals surface area contributed by atoms with Crippen LogP contribution in [0.4, 0.5) is 0 Å². The van der Waals surface area contributed by atoms with E-state index in [0.717, 1.165) is 21.4 Å². The first-order valence-electron chi connectivity index (χ1n) is 7.63. The first-order chi connectivity index (χ1) is 12.5. The molecule has 26 heavy (non-hydrogen) atoms. The second-order valence-electron chi connectivity index (χ2n) is 5.63. The van der Waals surface area contributed by atoms with Crippen LogP contribution in [0.5, 0.6) is 0 Å². The van der Waals surface area contributed by atoms with Crippen molar-refractivity contribution in [1.29, 1.82) is 0 Å². The van der Waals surface area contributed by atoms with Crippen LogP contribution in [0.25, 0.3) is 21.7 Å². The van der Waals surface area contributed by atoms with Crippen LogP contribution in [0.1, 0.15) is 11.1 Å². The summed E-state index contributed by atoms with van der Waals surface area (Å²) in [6, 6.07) is 8.93. The number of nitrogens with two attached hydrogens (primary N) is 1. The summed E-state index contributed by atoms with van der Waals surface area (Å²) in [5.41, 5.74) is 1.78. The van der Waals surface area contributed by atoms with Crippen molar-refractivity contribution < 1.29 is 4.42 Å². The normalized spacial score (nSPS) is 11.3. The molecule has 0 amide bonds. The Labute approximate surface area is 161 Å². The zero-order valence-corrected chi connectivity index (χ0v) is 16.0. The van der Waals surface area contributed by atoms with Gasteiger partial charge < -0.3 is 10.3 Å². The zero-order chi connectivity index (χ0) is 18.3. The standard InChI is InChI=1S/C17H13ClN4O2S2/c1-9-5-13-11(7-12(9)18)10(6-15(23)24-13)8-26-17-21-20-16(22(17)19)14-3-2-4-25-14/h2-7H,8,19H2,1H3. The average molecular weight is 405 g/mol. The minimum absolute atomic E-state index is 0.400. The van der Waals surface area contributed by atoms with E-state index in [1.165, 1.54) is 22.5 Å². The molecule has 0 aliphatic rings. The molecule has 0 saturated carbocycles. The molecule has 0 aliphatic heterocycles. The second kappa shape index (κ2) is 6.79. The van der Waals surface area contributed by atoms with Gasteiger partial charge in [0.05, 0.1) is 4.88 Å². The zero-order valence-electron chi connectivity index (χ0n) is 13.6. The van der Waals surface area contributed by atoms with Crippen LogP contribution in [-0.2, 0) is 5.75 Å². The van der Waals surface area contributed by atoms with Crippen molar-refractivity contribution in [3.8, 4) is 10.7 Å². The lowest BCUT2D eigenvalue weighted by Gasteiger charge is -2.07. The SMILES string of the molecule is Cc1cc2oc(=O)cc(CSc3nnc(-c4cccs4)n3N)c2cc1Cl. The number of hydrogen-bond acceptors (Lipinski definition) is 7. The molecule has 4 rings (SSSR count). The van der Waals surface area contributed by atoms with E-state index in [9.17, 15) is 4.79 Å². The Morgan fingerprint density at radius 1 is 1.35 bits per heavy atom. The smallest absolute Gasteiger partial charge is 0.336 e. The van der Waals surface area contributed by atoms with Crippen molar-refractivity contribution in [3.63, 3.8) is 0 Å². The van der Waals surface area contributed by atoms with E-state index in [0.29, 0.717) is 27.3 Å². The largest absolute Gasteiger partial charge is 0.423 e. The minimum atomic E-state index is -0.400. The summed E-state index contributed by atoms with van der Waals surface area (Å²) in [4.78, 5) is 12.8. The molecule has 0 atom stereocenters. The quantitative estimate of drug-likeness (QED) is 0.313. The van der Waals surface area contributed by atoms with Crippen LogP contribution in [0.15, 0.2) is 50.1 Å². The molecule has 9 heteroatoms. The Hall–Kier alpha value is -2.29. The highest BCUT2D eigenvalue weighted by Crippen LogP contribution is 2.30. The monoisotopic (exact) mass is 404 g/mol. The molecule has 0 saturated heterocycles. The van der Waals surface area contributed by atoms with E-state index in [-0.39, 0.29) is 0 Å². The summed E-state index contributed by atoms with van der Waals surface area (Å²) in [5.74, 6) is 7.22. The van der Waals surface area contributed by atoms with Gasteiger partial charge in [-0.25, -0.2) is 9.47 Å². The third-order valence-electron chi connectivity index (χ3n) is 3.87. The maximum absolute atomic E-state index is 11.9. The molecule has 0 unspecified atom stereocenters. The number of aromatic nitrogens is 3. The Bertz CT molecular complexity index is 1150. The van der Waals surface area contributed by atoms with E-state index in [1.54, 1.807) is 17.4 Å². The van der Waals surface area contributed by atoms with Gasteiger partial charge in [0.25, 0.3) is 0 Å². The highest BCUT2D eigenvalue weighted by Gasteiger charge is 2.15. The van der Waals surface area contributed by atoms with E-state index < -0.39 is 5.63 Å². The molecule has 6 nitrogen and oxygen atoms in total. The molecule has 0 aliphatic carbocycles. The van der Waals surface area contributed by atoms with E-state index in [4.69, 9.17) is 21.9 Å². The summed E-state index contributed by atoms with van der Waals surface area (Å²) in [7, 11) is 0. The number of thiophene rings is 1. The van der Waals surface area contributed by atoms with E-state index in [2.05, 4.69) is 10.2 Å². The van der Waals surface area contributed by atoms with Crippen LogP contribution in [0.2, 0.25) is 5.02 Å². The van der Waals surface area contributed by atoms with Gasteiger partial charge in [-0.15, -0.1) is 21.5 Å². The molecule has 3 aromatic heterocycles. The average Bonchev–Trinajstić information content (AvgIpc) is 3.24. The maximum atomic E-state index is 11.9. The van der Waals surface area contributed by atoms with Crippen molar-refractivity contribution in [2.75, 3.05) is 5.84 Å². The predicted octanol–water partition coefficient (Wildman–Crippen LogP) is 4.08. The number of rotatable bonds is 4. The third kappa shape index (κ3) is 3.11. The highest BCUT2D eigenvalue weighted by atomic mass is 35.5. The van der Waals surface area contributed by atoms with Crippen molar-refractivity contribution in [2.45, 2.75) is 17.8 Å². The molecule has 0 bridgehead atoms. The van der Waals surface area contributed by atoms with Gasteiger partial charge in [-0.1, -0.05) is 29.4 Å². The van der Waals surface area contributed by atoms with Crippen LogP contribution in [0.3, 0.4) is 0 Å². The van der Waals surface area contributed by atoms with Crippen molar-refractivity contribution >= 4 is 45.7 Å². The summed E-state index contributed by atoms with van der Waals surface area (Å²) < 4.78 is 6.75. The van der Waals surface area contributed by atoms with E-state index in [1.807, 2.05) is 30.5 Å². The Morgan fingerprint density at radius 2 is 2.19 bits per heavy atom. The number of thioether (sulfide) groups is 1. The fraction of sp³-hybridized carbons (Fsp3) is 0.118. The Balaban J connectivity index is 1.67. The number of hydrogen-bond donors (Lipinski definition) is 1. The fourth-order valence-electron chi connectivity index (χ4n) is 2.56. The molecule has 0 radical (unpaired) electrons. The van der Waals surface area contributed by atoms with Crippen LogP contribution < -0.4 is 11.5 Å². The lowest BCUT2D eigenvalue weighted by atomic mass is 10.1. The summed E-state index contributed by atoms with van der Waals surface area (Å²) >= 11 is 9.17. The minimum Gasteiger partial charge on any atom is -0.423 e. The number of nitrogen functional groups attached to an aromatic ring is 1. The van der Waals surface area contributed by atoms with Gasteiger partial charge in [0.15, 0.2) is 5.82 Å². The van der Waals surface area contributed by atoms with Gasteiger partial charge in [0.2, 0.25) is 5.16 Å². The van der Waals surface area contributed by atoms with Crippen LogP contribution in [-0.4, -0.2) is 14.9 Å². The Morgan fingerprint density at radius 3 is 2.96 bits per heavy atom. The second-order valence-corrected chi connectivity index (χ2v) is 7.93. The molecule has 2 N–H and O–H groups in total. The molecule has 0 spiro atoms.